The zero-order valence-corrected chi connectivity index (χ0v) is 10.8. The highest BCUT2D eigenvalue weighted by Crippen LogP contribution is 2.29. The molecular formula is C14H9F2NO4. The van der Waals surface area contributed by atoms with Crippen LogP contribution in [0.4, 0.5) is 14.5 Å². The van der Waals surface area contributed by atoms with E-state index in [0.29, 0.717) is 6.07 Å². The molecule has 0 radical (unpaired) electrons. The fraction of sp³-hybridized carbons (Fsp3) is 0.0714. The van der Waals surface area contributed by atoms with Crippen LogP contribution < -0.4 is 4.74 Å². The van der Waals surface area contributed by atoms with Crippen LogP contribution in [0.1, 0.15) is 17.3 Å². The molecule has 0 bridgehead atoms. The van der Waals surface area contributed by atoms with Crippen molar-refractivity contribution in [1.82, 2.24) is 0 Å². The third kappa shape index (κ3) is 3.38. The first-order valence-corrected chi connectivity index (χ1v) is 5.80. The molecule has 0 N–H and O–H groups in total. The minimum Gasteiger partial charge on any atom is -0.456 e. The molecule has 108 valence electrons. The molecule has 0 aromatic heterocycles. The minimum atomic E-state index is -0.837. The molecule has 0 spiro atoms. The van der Waals surface area contributed by atoms with Gasteiger partial charge in [-0.3, -0.25) is 14.9 Å². The summed E-state index contributed by atoms with van der Waals surface area (Å²) in [5.74, 6) is -2.31. The predicted octanol–water partition coefficient (Wildman–Crippen LogP) is 3.87. The van der Waals surface area contributed by atoms with Crippen LogP contribution in [0, 0.1) is 21.7 Å². The molecule has 0 aliphatic heterocycles. The summed E-state index contributed by atoms with van der Waals surface area (Å²) in [6.45, 7) is 1.21. The highest BCUT2D eigenvalue weighted by molar-refractivity contribution is 5.97. The standard InChI is InChI=1S/C14H9F2NO4/c1-8(18)13-7-11(17(19)20)2-3-14(13)21-12-5-9(15)4-10(16)6-12/h2-7H,1H3. The number of carbonyl (C=O) groups is 1. The van der Waals surface area contributed by atoms with Crippen LogP contribution in [0.5, 0.6) is 11.5 Å². The van der Waals surface area contributed by atoms with E-state index in [4.69, 9.17) is 4.74 Å². The molecule has 0 heterocycles. The van der Waals surface area contributed by atoms with E-state index in [0.717, 1.165) is 24.3 Å². The van der Waals surface area contributed by atoms with Gasteiger partial charge in [0.2, 0.25) is 0 Å². The van der Waals surface area contributed by atoms with Crippen molar-refractivity contribution >= 4 is 11.5 Å². The number of ether oxygens (including phenoxy) is 1. The van der Waals surface area contributed by atoms with Crippen molar-refractivity contribution < 1.29 is 23.2 Å². The van der Waals surface area contributed by atoms with Gasteiger partial charge < -0.3 is 4.74 Å². The number of rotatable bonds is 4. The lowest BCUT2D eigenvalue weighted by Crippen LogP contribution is -1.99. The van der Waals surface area contributed by atoms with Gasteiger partial charge >= 0.3 is 0 Å². The smallest absolute Gasteiger partial charge is 0.270 e. The van der Waals surface area contributed by atoms with Gasteiger partial charge in [-0.2, -0.15) is 0 Å². The van der Waals surface area contributed by atoms with Crippen LogP contribution >= 0.6 is 0 Å². The number of nitro benzene ring substituents is 1. The number of non-ortho nitro benzene ring substituents is 1. The van der Waals surface area contributed by atoms with Crippen LogP contribution in [0.3, 0.4) is 0 Å². The van der Waals surface area contributed by atoms with Gasteiger partial charge in [0, 0.05) is 30.3 Å². The first kappa shape index (κ1) is 14.6. The van der Waals surface area contributed by atoms with E-state index >= 15 is 0 Å². The molecule has 0 aliphatic carbocycles. The number of Topliss-reactive ketones (excluding diaryl/α,β-unsaturated/α-hetero) is 1. The van der Waals surface area contributed by atoms with E-state index in [-0.39, 0.29) is 22.7 Å². The number of ketones is 1. The molecular weight excluding hydrogens is 284 g/mol. The zero-order chi connectivity index (χ0) is 15.6. The first-order valence-electron chi connectivity index (χ1n) is 5.80. The molecule has 0 saturated carbocycles. The molecule has 2 aromatic rings. The summed E-state index contributed by atoms with van der Waals surface area (Å²) in [6.07, 6.45) is 0. The summed E-state index contributed by atoms with van der Waals surface area (Å²) in [5.41, 5.74) is -0.327. The van der Waals surface area contributed by atoms with Crippen LogP contribution in [0.15, 0.2) is 36.4 Å². The monoisotopic (exact) mass is 293 g/mol. The van der Waals surface area contributed by atoms with Gasteiger partial charge in [-0.15, -0.1) is 0 Å². The number of hydrogen-bond donors (Lipinski definition) is 0. The van der Waals surface area contributed by atoms with Gasteiger partial charge in [0.15, 0.2) is 5.78 Å². The largest absolute Gasteiger partial charge is 0.456 e. The third-order valence-electron chi connectivity index (χ3n) is 2.62. The van der Waals surface area contributed by atoms with Crippen LogP contribution in [0.25, 0.3) is 0 Å². The van der Waals surface area contributed by atoms with Crippen molar-refractivity contribution in [3.05, 3.63) is 63.7 Å². The van der Waals surface area contributed by atoms with Gasteiger partial charge in [-0.1, -0.05) is 0 Å². The highest BCUT2D eigenvalue weighted by Gasteiger charge is 2.16. The Morgan fingerprint density at radius 1 is 1.14 bits per heavy atom. The van der Waals surface area contributed by atoms with Crippen LogP contribution in [-0.2, 0) is 0 Å². The van der Waals surface area contributed by atoms with Crippen molar-refractivity contribution in [1.29, 1.82) is 0 Å². The number of benzene rings is 2. The second-order valence-electron chi connectivity index (χ2n) is 4.20. The fourth-order valence-corrected chi connectivity index (χ4v) is 1.71. The molecule has 0 saturated heterocycles. The van der Waals surface area contributed by atoms with Crippen molar-refractivity contribution in [2.45, 2.75) is 6.92 Å². The zero-order valence-electron chi connectivity index (χ0n) is 10.8. The Balaban J connectivity index is 2.43. The Morgan fingerprint density at radius 3 is 2.29 bits per heavy atom. The summed E-state index contributed by atoms with van der Waals surface area (Å²) in [4.78, 5) is 21.5. The number of nitrogens with zero attached hydrogens (tertiary/aromatic N) is 1. The molecule has 0 unspecified atom stereocenters. The molecule has 2 rings (SSSR count). The van der Waals surface area contributed by atoms with Gasteiger partial charge in [0.05, 0.1) is 10.5 Å². The van der Waals surface area contributed by atoms with E-state index in [1.165, 1.54) is 13.0 Å². The summed E-state index contributed by atoms with van der Waals surface area (Å²) in [5, 5.41) is 10.7. The second kappa shape index (κ2) is 5.66. The van der Waals surface area contributed by atoms with Crippen molar-refractivity contribution in [2.24, 2.45) is 0 Å². The van der Waals surface area contributed by atoms with Gasteiger partial charge in [0.25, 0.3) is 5.69 Å². The van der Waals surface area contributed by atoms with E-state index in [2.05, 4.69) is 0 Å². The summed E-state index contributed by atoms with van der Waals surface area (Å²) in [7, 11) is 0. The minimum absolute atomic E-state index is 0.0156. The second-order valence-corrected chi connectivity index (χ2v) is 4.20. The summed E-state index contributed by atoms with van der Waals surface area (Å²) in [6, 6.07) is 5.94. The number of carbonyl (C=O) groups excluding carboxylic acids is 1. The average molecular weight is 293 g/mol. The molecule has 7 heteroatoms. The quantitative estimate of drug-likeness (QED) is 0.487. The molecule has 21 heavy (non-hydrogen) atoms. The Bertz CT molecular complexity index is 711. The Kier molecular flexibility index (Phi) is 3.93. The lowest BCUT2D eigenvalue weighted by molar-refractivity contribution is -0.384. The van der Waals surface area contributed by atoms with Crippen molar-refractivity contribution in [2.75, 3.05) is 0 Å². The Morgan fingerprint density at radius 2 is 1.76 bits per heavy atom. The van der Waals surface area contributed by atoms with Crippen molar-refractivity contribution in [3.63, 3.8) is 0 Å². The SMILES string of the molecule is CC(=O)c1cc([N+](=O)[O-])ccc1Oc1cc(F)cc(F)c1. The molecule has 5 nitrogen and oxygen atoms in total. The fourth-order valence-electron chi connectivity index (χ4n) is 1.71. The number of hydrogen-bond acceptors (Lipinski definition) is 4. The lowest BCUT2D eigenvalue weighted by Gasteiger charge is -2.09. The summed E-state index contributed by atoms with van der Waals surface area (Å²) >= 11 is 0. The third-order valence-corrected chi connectivity index (χ3v) is 2.62. The van der Waals surface area contributed by atoms with Gasteiger partial charge in [0.1, 0.15) is 23.1 Å². The lowest BCUT2D eigenvalue weighted by atomic mass is 10.1. The predicted molar refractivity (Wildman–Crippen MR) is 69.5 cm³/mol. The van der Waals surface area contributed by atoms with Crippen LogP contribution in [-0.4, -0.2) is 10.7 Å². The molecule has 0 fully saturated rings. The van der Waals surface area contributed by atoms with Crippen molar-refractivity contribution in [3.8, 4) is 11.5 Å². The maximum atomic E-state index is 13.1. The molecule has 2 aromatic carbocycles. The highest BCUT2D eigenvalue weighted by atomic mass is 19.1. The Hall–Kier alpha value is -2.83. The molecule has 0 atom stereocenters. The molecule has 0 amide bonds. The maximum Gasteiger partial charge on any atom is 0.270 e. The topological polar surface area (TPSA) is 69.4 Å². The maximum absolute atomic E-state index is 13.1. The summed E-state index contributed by atoms with van der Waals surface area (Å²) < 4.78 is 31.4. The van der Waals surface area contributed by atoms with E-state index in [1.807, 2.05) is 0 Å². The van der Waals surface area contributed by atoms with Crippen LogP contribution in [0.2, 0.25) is 0 Å². The normalized spacial score (nSPS) is 10.2. The number of nitro groups is 1. The van der Waals surface area contributed by atoms with Gasteiger partial charge in [-0.05, 0) is 13.0 Å². The van der Waals surface area contributed by atoms with E-state index in [1.54, 1.807) is 0 Å². The number of halogens is 2. The van der Waals surface area contributed by atoms with E-state index < -0.39 is 22.3 Å². The first-order chi connectivity index (χ1) is 9.86. The van der Waals surface area contributed by atoms with Gasteiger partial charge in [-0.25, -0.2) is 8.78 Å². The Labute approximate surface area is 117 Å². The molecule has 0 aliphatic rings. The van der Waals surface area contributed by atoms with E-state index in [9.17, 15) is 23.7 Å². The average Bonchev–Trinajstić information content (AvgIpc) is 2.37.